The highest BCUT2D eigenvalue weighted by molar-refractivity contribution is 5.82. The summed E-state index contributed by atoms with van der Waals surface area (Å²) in [6.07, 6.45) is 2.84. The first kappa shape index (κ1) is 13.8. The molecule has 1 heterocycles. The summed E-state index contributed by atoms with van der Waals surface area (Å²) in [5, 5.41) is 22.1. The molecule has 0 aliphatic heterocycles. The van der Waals surface area contributed by atoms with E-state index in [4.69, 9.17) is 10.2 Å². The Kier molecular flexibility index (Phi) is 5.52. The second kappa shape index (κ2) is 7.17. The van der Waals surface area contributed by atoms with Crippen molar-refractivity contribution in [3.8, 4) is 0 Å². The number of nitrogens with one attached hydrogen (secondary N) is 2. The number of hydrogen-bond donors (Lipinski definition) is 4. The maximum absolute atomic E-state index is 11.4. The van der Waals surface area contributed by atoms with Gasteiger partial charge < -0.3 is 20.8 Å². The number of carboxylic acid groups (broad SMARTS) is 1. The van der Waals surface area contributed by atoms with E-state index in [1.165, 1.54) is 12.5 Å². The van der Waals surface area contributed by atoms with Gasteiger partial charge in [-0.15, -0.1) is 0 Å². The third kappa shape index (κ3) is 4.74. The van der Waals surface area contributed by atoms with Crippen LogP contribution in [0.5, 0.6) is 0 Å². The predicted octanol–water partition coefficient (Wildman–Crippen LogP) is -0.889. The van der Waals surface area contributed by atoms with Crippen molar-refractivity contribution in [2.24, 2.45) is 0 Å². The van der Waals surface area contributed by atoms with E-state index in [1.807, 2.05) is 0 Å². The van der Waals surface area contributed by atoms with Crippen molar-refractivity contribution in [2.75, 3.05) is 6.61 Å². The molecule has 8 heteroatoms. The monoisotopic (exact) mass is 254 g/mol. The molecule has 0 unspecified atom stereocenters. The highest BCUT2D eigenvalue weighted by atomic mass is 16.4. The summed E-state index contributed by atoms with van der Waals surface area (Å²) in [7, 11) is 0. The Morgan fingerprint density at radius 2 is 2.22 bits per heavy atom. The first-order valence-electron chi connectivity index (χ1n) is 5.26. The van der Waals surface area contributed by atoms with Crippen molar-refractivity contribution in [3.63, 3.8) is 0 Å². The van der Waals surface area contributed by atoms with E-state index in [-0.39, 0.29) is 19.6 Å². The van der Waals surface area contributed by atoms with Crippen LogP contribution >= 0.6 is 0 Å². The van der Waals surface area contributed by atoms with E-state index < -0.39 is 18.0 Å². The lowest BCUT2D eigenvalue weighted by molar-refractivity contribution is -0.139. The fourth-order valence-corrected chi connectivity index (χ4v) is 1.19. The molecule has 1 rings (SSSR count). The molecule has 2 amide bonds. The van der Waals surface area contributed by atoms with E-state index in [1.54, 1.807) is 6.07 Å². The number of amides is 2. The molecule has 0 fully saturated rings. The number of nitrogens with zero attached hydrogens (tertiary/aromatic N) is 2. The molecular formula is C10H14N4O4. The molecule has 1 atom stereocenters. The Labute approximate surface area is 103 Å². The quantitative estimate of drug-likeness (QED) is 0.522. The van der Waals surface area contributed by atoms with Crippen molar-refractivity contribution in [2.45, 2.75) is 19.0 Å². The molecule has 18 heavy (non-hydrogen) atoms. The number of aliphatic carboxylic acids is 1. The van der Waals surface area contributed by atoms with Crippen LogP contribution in [0.1, 0.15) is 12.1 Å². The van der Waals surface area contributed by atoms with Crippen LogP contribution in [0.2, 0.25) is 0 Å². The Morgan fingerprint density at radius 1 is 1.44 bits per heavy atom. The van der Waals surface area contributed by atoms with Gasteiger partial charge in [-0.3, -0.25) is 0 Å². The summed E-state index contributed by atoms with van der Waals surface area (Å²) in [6.45, 7) is -0.150. The van der Waals surface area contributed by atoms with E-state index in [0.29, 0.717) is 5.69 Å². The highest BCUT2D eigenvalue weighted by Crippen LogP contribution is 1.93. The van der Waals surface area contributed by atoms with Crippen LogP contribution in [0, 0.1) is 0 Å². The van der Waals surface area contributed by atoms with Gasteiger partial charge in [0.2, 0.25) is 0 Å². The maximum atomic E-state index is 11.4. The van der Waals surface area contributed by atoms with Crippen LogP contribution < -0.4 is 10.6 Å². The Balaban J connectivity index is 2.39. The molecule has 0 aromatic carbocycles. The number of aliphatic hydroxyl groups excluding tert-OH is 1. The zero-order chi connectivity index (χ0) is 13.4. The van der Waals surface area contributed by atoms with E-state index in [0.717, 1.165) is 0 Å². The fraction of sp³-hybridized carbons (Fsp3) is 0.400. The summed E-state index contributed by atoms with van der Waals surface area (Å²) >= 11 is 0. The number of rotatable bonds is 6. The Morgan fingerprint density at radius 3 is 2.78 bits per heavy atom. The summed E-state index contributed by atoms with van der Waals surface area (Å²) in [5.41, 5.74) is 0.606. The molecule has 1 aromatic heterocycles. The summed E-state index contributed by atoms with van der Waals surface area (Å²) in [4.78, 5) is 29.7. The second-order valence-corrected chi connectivity index (χ2v) is 3.43. The van der Waals surface area contributed by atoms with Crippen LogP contribution in [0.25, 0.3) is 0 Å². The van der Waals surface area contributed by atoms with Crippen molar-refractivity contribution in [1.82, 2.24) is 20.6 Å². The number of aliphatic hydroxyl groups is 1. The van der Waals surface area contributed by atoms with Crippen LogP contribution in [0.3, 0.4) is 0 Å². The van der Waals surface area contributed by atoms with Crippen molar-refractivity contribution in [1.29, 1.82) is 0 Å². The smallest absolute Gasteiger partial charge is 0.326 e. The zero-order valence-corrected chi connectivity index (χ0v) is 9.54. The van der Waals surface area contributed by atoms with Gasteiger partial charge in [-0.1, -0.05) is 0 Å². The molecule has 4 N–H and O–H groups in total. The molecule has 0 saturated carbocycles. The standard InChI is InChI=1S/C10H14N4O4/c15-4-2-8(9(16)17)14-10(18)12-5-7-1-3-11-6-13-7/h1,3,6,8,15H,2,4-5H2,(H,16,17)(H2,12,14,18)/t8-/m1/s1. The fourth-order valence-electron chi connectivity index (χ4n) is 1.19. The molecule has 0 bridgehead atoms. The summed E-state index contributed by atoms with van der Waals surface area (Å²) in [6, 6.07) is -0.113. The Bertz CT molecular complexity index is 398. The third-order valence-electron chi connectivity index (χ3n) is 2.09. The maximum Gasteiger partial charge on any atom is 0.326 e. The van der Waals surface area contributed by atoms with E-state index in [9.17, 15) is 9.59 Å². The zero-order valence-electron chi connectivity index (χ0n) is 9.54. The lowest BCUT2D eigenvalue weighted by Crippen LogP contribution is -2.46. The Hall–Kier alpha value is -2.22. The molecular weight excluding hydrogens is 240 g/mol. The van der Waals surface area contributed by atoms with Crippen LogP contribution in [0.15, 0.2) is 18.6 Å². The van der Waals surface area contributed by atoms with Gasteiger partial charge in [-0.2, -0.15) is 0 Å². The molecule has 0 aliphatic carbocycles. The lowest BCUT2D eigenvalue weighted by atomic mass is 10.2. The van der Waals surface area contributed by atoms with Crippen molar-refractivity contribution < 1.29 is 19.8 Å². The summed E-state index contributed by atoms with van der Waals surface area (Å²) in [5.74, 6) is -1.19. The van der Waals surface area contributed by atoms with E-state index in [2.05, 4.69) is 20.6 Å². The molecule has 0 spiro atoms. The second-order valence-electron chi connectivity index (χ2n) is 3.43. The van der Waals surface area contributed by atoms with Gasteiger partial charge in [-0.25, -0.2) is 19.6 Å². The number of aromatic nitrogens is 2. The van der Waals surface area contributed by atoms with Gasteiger partial charge >= 0.3 is 12.0 Å². The molecule has 0 saturated heterocycles. The third-order valence-corrected chi connectivity index (χ3v) is 2.09. The normalized spacial score (nSPS) is 11.6. The first-order valence-corrected chi connectivity index (χ1v) is 5.26. The van der Waals surface area contributed by atoms with E-state index >= 15 is 0 Å². The van der Waals surface area contributed by atoms with Gasteiger partial charge in [0.15, 0.2) is 0 Å². The summed E-state index contributed by atoms with van der Waals surface area (Å²) < 4.78 is 0. The molecule has 8 nitrogen and oxygen atoms in total. The van der Waals surface area contributed by atoms with Crippen LogP contribution in [-0.2, 0) is 11.3 Å². The molecule has 98 valence electrons. The van der Waals surface area contributed by atoms with Gasteiger partial charge in [0, 0.05) is 19.2 Å². The first-order chi connectivity index (χ1) is 8.63. The minimum Gasteiger partial charge on any atom is -0.480 e. The number of hydrogen-bond acceptors (Lipinski definition) is 5. The molecule has 0 radical (unpaired) electrons. The number of carbonyl (C=O) groups is 2. The van der Waals surface area contributed by atoms with Gasteiger partial charge in [0.05, 0.1) is 12.2 Å². The van der Waals surface area contributed by atoms with Gasteiger partial charge in [0.1, 0.15) is 12.4 Å². The number of carbonyl (C=O) groups excluding carboxylic acids is 1. The van der Waals surface area contributed by atoms with Gasteiger partial charge in [-0.05, 0) is 6.07 Å². The average molecular weight is 254 g/mol. The van der Waals surface area contributed by atoms with Crippen molar-refractivity contribution >= 4 is 12.0 Å². The highest BCUT2D eigenvalue weighted by Gasteiger charge is 2.18. The SMILES string of the molecule is O=C(NCc1ccncn1)N[C@H](CCO)C(=O)O. The number of carboxylic acids is 1. The lowest BCUT2D eigenvalue weighted by Gasteiger charge is -2.13. The topological polar surface area (TPSA) is 124 Å². The van der Waals surface area contributed by atoms with Crippen LogP contribution in [0.4, 0.5) is 4.79 Å². The largest absolute Gasteiger partial charge is 0.480 e. The minimum absolute atomic E-state index is 0.0454. The predicted molar refractivity (Wildman–Crippen MR) is 60.5 cm³/mol. The minimum atomic E-state index is -1.19. The van der Waals surface area contributed by atoms with Crippen LogP contribution in [-0.4, -0.2) is 44.8 Å². The molecule has 0 aliphatic rings. The average Bonchev–Trinajstić information content (AvgIpc) is 2.37. The van der Waals surface area contributed by atoms with Crippen molar-refractivity contribution in [3.05, 3.63) is 24.3 Å². The molecule has 1 aromatic rings. The van der Waals surface area contributed by atoms with Gasteiger partial charge in [0.25, 0.3) is 0 Å². The number of urea groups is 1.